The molecule has 0 saturated heterocycles. The molecule has 0 bridgehead atoms. The minimum atomic E-state index is -2.11. The van der Waals surface area contributed by atoms with Crippen molar-refractivity contribution in [2.24, 2.45) is 28.2 Å². The van der Waals surface area contributed by atoms with Gasteiger partial charge in [-0.3, -0.25) is 0 Å². The molecule has 0 aliphatic heterocycles. The van der Waals surface area contributed by atoms with Gasteiger partial charge < -0.3 is 0 Å². The van der Waals surface area contributed by atoms with Crippen LogP contribution in [-0.2, 0) is 73.5 Å². The Morgan fingerprint density at radius 1 is 0.258 bits per heavy atom. The smallest absolute Gasteiger partial charge is 0.201 e. The lowest BCUT2D eigenvalue weighted by Crippen LogP contribution is -2.44. The fraction of sp³-hybridized carbons (Fsp3) is 0.276. The number of pyridine rings is 4. The molecule has 4 aliphatic rings. The molecule has 16 aromatic rings. The number of nitrogens with zero attached hydrogens (tertiary/aromatic N) is 4. The van der Waals surface area contributed by atoms with Crippen LogP contribution in [0.3, 0.4) is 0 Å². The summed E-state index contributed by atoms with van der Waals surface area (Å²) in [5.74, 6) is 0. The van der Waals surface area contributed by atoms with Gasteiger partial charge in [0.2, 0.25) is 22.8 Å². The van der Waals surface area contributed by atoms with E-state index in [9.17, 15) is 0 Å². The maximum Gasteiger partial charge on any atom is 0.213 e. The second kappa shape index (κ2) is 29.6. The fourth-order valence-electron chi connectivity index (χ4n) is 20.9. The van der Waals surface area contributed by atoms with Crippen LogP contribution in [0.1, 0.15) is 180 Å². The third-order valence-electron chi connectivity index (χ3n) is 29.9. The molecule has 0 spiro atoms. The highest BCUT2D eigenvalue weighted by Crippen LogP contribution is 2.60. The van der Waals surface area contributed by atoms with Crippen molar-refractivity contribution in [2.75, 3.05) is 0 Å². The molecule has 0 amide bonds. The third-order valence-corrected chi connectivity index (χ3v) is 29.9. The van der Waals surface area contributed by atoms with Crippen molar-refractivity contribution < 1.29 is 26.5 Å². The van der Waals surface area contributed by atoms with E-state index in [0.717, 1.165) is 35.4 Å². The van der Waals surface area contributed by atoms with Gasteiger partial charge in [0.05, 0.1) is 5.56 Å². The number of hydrogen-bond acceptors (Lipinski definition) is 0. The first kappa shape index (κ1) is 73.4. The third kappa shape index (κ3) is 13.0. The molecular weight excluding hydrogens is 1450 g/mol. The van der Waals surface area contributed by atoms with Gasteiger partial charge >= 0.3 is 0 Å². The summed E-state index contributed by atoms with van der Waals surface area (Å²) in [7, 11) is 8.15. The lowest BCUT2D eigenvalue weighted by molar-refractivity contribution is -0.660. The summed E-state index contributed by atoms with van der Waals surface area (Å²) >= 11 is 0. The summed E-state index contributed by atoms with van der Waals surface area (Å²) in [5.41, 5.74) is 40.1. The van der Waals surface area contributed by atoms with Crippen LogP contribution in [0.4, 0.5) is 0 Å². The molecule has 600 valence electrons. The van der Waals surface area contributed by atoms with Crippen LogP contribution in [-0.4, -0.2) is 0 Å². The minimum Gasteiger partial charge on any atom is -0.201 e. The van der Waals surface area contributed by atoms with E-state index < -0.39 is 13.7 Å². The van der Waals surface area contributed by atoms with Crippen molar-refractivity contribution >= 4 is 43.1 Å². The SMILES string of the molecule is Cc1cc[n+](C)c(-c2c(C)ccc3c2CCc2c-3ccc3ccccc23)c1.Cc1cc[n+](C)c(-c2cc3c(cc2C)C(C)(C)C(C)(C)c2cc4ccccc4cc2-3)c1.[2H]C([2H])([2H])c1ccc(-c2ccc3c(c2C)-c2cc4ccccc4cc2C(C)(C)C3(C)C)[n+](C)c1.[2H]C([2H])([2H])c1ccc(-c2ccc3c(c2C)-c2ccc4ccccc4c2C(C)(C)C3(C)C)[n+](C)c1. The molecular formula is C116H120N4+4. The average molecular weight is 1580 g/mol. The molecule has 0 N–H and O–H groups in total. The number of fused-ring (bicyclic) bond motifs is 18. The van der Waals surface area contributed by atoms with Gasteiger partial charge in [-0.05, 0) is 315 Å². The maximum absolute atomic E-state index is 7.76. The zero-order valence-electron chi connectivity index (χ0n) is 80.6. The van der Waals surface area contributed by atoms with Crippen LogP contribution in [0.2, 0.25) is 0 Å². The zero-order valence-corrected chi connectivity index (χ0v) is 74.6. The van der Waals surface area contributed by atoms with Crippen molar-refractivity contribution in [3.05, 3.63) is 356 Å². The largest absolute Gasteiger partial charge is 0.213 e. The molecule has 4 aromatic heterocycles. The summed E-state index contributed by atoms with van der Waals surface area (Å²) in [6, 6.07) is 88.4. The Morgan fingerprint density at radius 3 is 1.20 bits per heavy atom. The Labute approximate surface area is 723 Å². The molecule has 0 atom stereocenters. The Kier molecular flexibility index (Phi) is 18.1. The molecule has 4 heteroatoms. The van der Waals surface area contributed by atoms with Crippen molar-refractivity contribution in [3.8, 4) is 89.5 Å². The summed E-state index contributed by atoms with van der Waals surface area (Å²) in [4.78, 5) is 0. The molecule has 0 saturated carbocycles. The first-order valence-corrected chi connectivity index (χ1v) is 43.0. The van der Waals surface area contributed by atoms with E-state index in [1.54, 1.807) is 24.5 Å². The highest BCUT2D eigenvalue weighted by Gasteiger charge is 2.50. The van der Waals surface area contributed by atoms with Gasteiger partial charge in [0, 0.05) is 77.9 Å². The van der Waals surface area contributed by atoms with Crippen LogP contribution >= 0.6 is 0 Å². The lowest BCUT2D eigenvalue weighted by atomic mass is 9.54. The molecule has 4 heterocycles. The number of hydrogen-bond donors (Lipinski definition) is 0. The Morgan fingerprint density at radius 2 is 0.658 bits per heavy atom. The second-order valence-electron chi connectivity index (χ2n) is 38.3. The fourth-order valence-corrected chi connectivity index (χ4v) is 20.9. The summed E-state index contributed by atoms with van der Waals surface area (Å²) in [5, 5.41) is 10.5. The number of aromatic nitrogens is 4. The molecule has 0 radical (unpaired) electrons. The Balaban J connectivity index is 0.000000119. The Hall–Kier alpha value is -11.7. The molecule has 4 aliphatic carbocycles. The number of benzene rings is 12. The molecule has 0 unspecified atom stereocenters. The standard InChI is InChI=1S/3C30H32N.C26H24N/c1-19-12-17-26(31(7)18-19)22-15-16-25-27(20(22)2)24-14-13-21-10-8-9-11-23(21)28(24)30(5,6)29(25,3)4;1-19-12-15-27(31(7)18-19)23-13-14-25-28(20(23)2)24-16-21-10-8-9-11-22(21)17-26(24)30(5,6)29(25,3)4;1-19-12-13-31(7)28(14-19)23-18-25-24-16-21-10-8-9-11-22(21)17-27(24)30(5,6)29(3,4)26(25)15-20(23)2;1-17-14-15-27(3)25(16-17)26-18(2)8-10-23-22-11-9-19-6-4-5-7-20(19)21(22)12-13-24(23)26/h3*8-18H,1-7H3;4-11,14-16H,12-13H2,1-3H3/q4*+1/i2*1D3;;. The van der Waals surface area contributed by atoms with Crippen molar-refractivity contribution in [1.29, 1.82) is 0 Å². The Bertz CT molecular complexity index is 7060. The van der Waals surface area contributed by atoms with Gasteiger partial charge in [0.15, 0.2) is 24.8 Å². The van der Waals surface area contributed by atoms with E-state index >= 15 is 0 Å². The monoisotopic (exact) mass is 1570 g/mol. The van der Waals surface area contributed by atoms with Gasteiger partial charge in [-0.2, -0.15) is 0 Å². The van der Waals surface area contributed by atoms with Gasteiger partial charge in [-0.15, -0.1) is 0 Å². The first-order valence-electron chi connectivity index (χ1n) is 46.0. The number of rotatable bonds is 4. The average Bonchev–Trinajstić information content (AvgIpc) is 0.702. The van der Waals surface area contributed by atoms with E-state index in [-0.39, 0.29) is 32.5 Å². The van der Waals surface area contributed by atoms with Crippen LogP contribution in [0.15, 0.2) is 267 Å². The predicted molar refractivity (Wildman–Crippen MR) is 507 cm³/mol. The zero-order chi connectivity index (χ0) is 89.9. The molecule has 20 rings (SSSR count). The van der Waals surface area contributed by atoms with Gasteiger partial charge in [-0.25, -0.2) is 18.3 Å². The summed E-state index contributed by atoms with van der Waals surface area (Å²) in [6.07, 6.45) is 10.0. The second-order valence-corrected chi connectivity index (χ2v) is 38.3. The molecule has 0 fully saturated rings. The molecule has 12 aromatic carbocycles. The van der Waals surface area contributed by atoms with Crippen molar-refractivity contribution in [2.45, 2.75) is 184 Å². The first-order chi connectivity index (χ1) is 59.4. The van der Waals surface area contributed by atoms with Crippen LogP contribution in [0.25, 0.3) is 133 Å². The van der Waals surface area contributed by atoms with E-state index in [2.05, 4.69) is 379 Å². The highest BCUT2D eigenvalue weighted by atomic mass is 14.9. The van der Waals surface area contributed by atoms with E-state index in [0.29, 0.717) is 11.1 Å². The van der Waals surface area contributed by atoms with Gasteiger partial charge in [0.25, 0.3) is 0 Å². The lowest BCUT2D eigenvalue weighted by Gasteiger charge is -2.49. The van der Waals surface area contributed by atoms with Crippen molar-refractivity contribution in [1.82, 2.24) is 0 Å². The molecule has 120 heavy (non-hydrogen) atoms. The van der Waals surface area contributed by atoms with E-state index in [1.165, 1.54) is 188 Å². The van der Waals surface area contributed by atoms with E-state index in [4.69, 9.17) is 8.22 Å². The number of aryl methyl sites for hydroxylation is 11. The highest BCUT2D eigenvalue weighted by molar-refractivity contribution is 6.00. The predicted octanol–water partition coefficient (Wildman–Crippen LogP) is 27.3. The normalized spacial score (nSPS) is 16.3. The van der Waals surface area contributed by atoms with Crippen LogP contribution in [0.5, 0.6) is 0 Å². The van der Waals surface area contributed by atoms with Crippen LogP contribution < -0.4 is 18.3 Å². The minimum absolute atomic E-state index is 0.0237. The van der Waals surface area contributed by atoms with Gasteiger partial charge in [-0.1, -0.05) is 235 Å². The summed E-state index contributed by atoms with van der Waals surface area (Å²) in [6.45, 7) is 37.6. The molecule has 4 nitrogen and oxygen atoms in total. The summed E-state index contributed by atoms with van der Waals surface area (Å²) < 4.78 is 54.9. The van der Waals surface area contributed by atoms with Gasteiger partial charge in [0.1, 0.15) is 28.2 Å². The van der Waals surface area contributed by atoms with E-state index in [1.807, 2.05) is 35.4 Å². The quantitative estimate of drug-likeness (QED) is 0.156. The van der Waals surface area contributed by atoms with Crippen LogP contribution in [0, 0.1) is 55.2 Å². The van der Waals surface area contributed by atoms with Crippen molar-refractivity contribution in [3.63, 3.8) is 0 Å². The topological polar surface area (TPSA) is 15.5 Å². The maximum atomic E-state index is 7.76.